The summed E-state index contributed by atoms with van der Waals surface area (Å²) < 4.78 is 11.1. The Bertz CT molecular complexity index is 819. The van der Waals surface area contributed by atoms with E-state index in [0.717, 1.165) is 44.9 Å². The number of hydrogen-bond donors (Lipinski definition) is 7. The van der Waals surface area contributed by atoms with E-state index in [1.165, 1.54) is 135 Å². The van der Waals surface area contributed by atoms with Gasteiger partial charge in [-0.05, 0) is 12.8 Å². The summed E-state index contributed by atoms with van der Waals surface area (Å²) in [6.45, 7) is 3.61. The van der Waals surface area contributed by atoms with Crippen molar-refractivity contribution in [2.24, 2.45) is 0 Å². The molecule has 1 aliphatic rings. The zero-order valence-electron chi connectivity index (χ0n) is 34.2. The molecule has 0 aliphatic carbocycles. The largest absolute Gasteiger partial charge is 0.394 e. The van der Waals surface area contributed by atoms with Crippen molar-refractivity contribution in [2.45, 2.75) is 255 Å². The highest BCUT2D eigenvalue weighted by molar-refractivity contribution is 5.76. The smallest absolute Gasteiger partial charge is 0.220 e. The lowest BCUT2D eigenvalue weighted by Gasteiger charge is -2.40. The molecule has 8 atom stereocenters. The minimum Gasteiger partial charge on any atom is -0.394 e. The van der Waals surface area contributed by atoms with Crippen molar-refractivity contribution in [1.29, 1.82) is 0 Å². The first kappa shape index (κ1) is 50.2. The Balaban J connectivity index is 2.41. The maximum Gasteiger partial charge on any atom is 0.220 e. The van der Waals surface area contributed by atoms with E-state index in [0.29, 0.717) is 6.42 Å². The van der Waals surface area contributed by atoms with Gasteiger partial charge in [-0.25, -0.2) is 0 Å². The lowest BCUT2D eigenvalue weighted by Crippen LogP contribution is -2.60. The van der Waals surface area contributed by atoms with Crippen LogP contribution in [0.15, 0.2) is 0 Å². The van der Waals surface area contributed by atoms with E-state index in [1.54, 1.807) is 0 Å². The van der Waals surface area contributed by atoms with Gasteiger partial charge in [0.05, 0.1) is 25.4 Å². The third-order valence-corrected chi connectivity index (χ3v) is 11.1. The summed E-state index contributed by atoms with van der Waals surface area (Å²) in [4.78, 5) is 13.0. The number of hydrogen-bond acceptors (Lipinski definition) is 9. The number of amides is 1. The van der Waals surface area contributed by atoms with Gasteiger partial charge in [-0.15, -0.1) is 0 Å². The third-order valence-electron chi connectivity index (χ3n) is 11.1. The summed E-state index contributed by atoms with van der Waals surface area (Å²) in [6.07, 6.45) is 25.3. The number of aliphatic hydroxyl groups excluding tert-OH is 6. The highest BCUT2D eigenvalue weighted by Crippen LogP contribution is 2.23. The number of rotatable bonds is 37. The Morgan fingerprint density at radius 1 is 0.585 bits per heavy atom. The monoisotopic (exact) mass is 760 g/mol. The minimum absolute atomic E-state index is 0.256. The second-order valence-corrected chi connectivity index (χ2v) is 16.0. The van der Waals surface area contributed by atoms with Crippen LogP contribution in [-0.4, -0.2) is 98.7 Å². The summed E-state index contributed by atoms with van der Waals surface area (Å²) in [6, 6.07) is -0.983. The first-order valence-electron chi connectivity index (χ1n) is 22.3. The fourth-order valence-electron chi connectivity index (χ4n) is 7.38. The molecule has 10 heteroatoms. The van der Waals surface area contributed by atoms with Gasteiger partial charge in [-0.2, -0.15) is 0 Å². The molecule has 1 rings (SSSR count). The van der Waals surface area contributed by atoms with E-state index in [-0.39, 0.29) is 18.9 Å². The average molecular weight is 760 g/mol. The summed E-state index contributed by atoms with van der Waals surface area (Å²) in [5, 5.41) is 65.1. The van der Waals surface area contributed by atoms with Gasteiger partial charge in [0.25, 0.3) is 0 Å². The topological polar surface area (TPSA) is 169 Å². The van der Waals surface area contributed by atoms with Crippen LogP contribution in [0.1, 0.15) is 206 Å². The van der Waals surface area contributed by atoms with Gasteiger partial charge in [0.15, 0.2) is 6.29 Å². The highest BCUT2D eigenvalue weighted by Gasteiger charge is 2.44. The van der Waals surface area contributed by atoms with Crippen molar-refractivity contribution in [3.63, 3.8) is 0 Å². The lowest BCUT2D eigenvalue weighted by molar-refractivity contribution is -0.303. The predicted molar refractivity (Wildman–Crippen MR) is 214 cm³/mol. The Morgan fingerprint density at radius 3 is 1.40 bits per heavy atom. The molecule has 0 radical (unpaired) electrons. The molecule has 1 aliphatic heterocycles. The molecule has 7 N–H and O–H groups in total. The first-order chi connectivity index (χ1) is 25.8. The van der Waals surface area contributed by atoms with Gasteiger partial charge in [-0.3, -0.25) is 4.79 Å². The molecule has 0 aromatic rings. The second kappa shape index (κ2) is 34.4. The number of carbonyl (C=O) groups excluding carboxylic acids is 1. The van der Waals surface area contributed by atoms with Crippen LogP contribution in [0.25, 0.3) is 0 Å². The highest BCUT2D eigenvalue weighted by atomic mass is 16.7. The minimum atomic E-state index is -1.60. The number of ether oxygens (including phenoxy) is 2. The molecule has 316 valence electrons. The number of aliphatic hydroxyl groups is 6. The van der Waals surface area contributed by atoms with Crippen LogP contribution in [0.2, 0.25) is 0 Å². The van der Waals surface area contributed by atoms with Crippen molar-refractivity contribution < 1.29 is 44.9 Å². The van der Waals surface area contributed by atoms with Crippen molar-refractivity contribution in [1.82, 2.24) is 5.32 Å². The van der Waals surface area contributed by atoms with Gasteiger partial charge in [-0.1, -0.05) is 187 Å². The van der Waals surface area contributed by atoms with Gasteiger partial charge in [0, 0.05) is 6.42 Å². The summed E-state index contributed by atoms with van der Waals surface area (Å²) in [7, 11) is 0. The van der Waals surface area contributed by atoms with Crippen LogP contribution in [0, 0.1) is 0 Å². The van der Waals surface area contributed by atoms with Crippen molar-refractivity contribution in [3.8, 4) is 0 Å². The maximum absolute atomic E-state index is 13.0. The molecular formula is C43H85NO9. The van der Waals surface area contributed by atoms with Gasteiger partial charge in [0.1, 0.15) is 30.5 Å². The van der Waals surface area contributed by atoms with Crippen molar-refractivity contribution >= 4 is 5.91 Å². The second-order valence-electron chi connectivity index (χ2n) is 16.0. The van der Waals surface area contributed by atoms with E-state index in [9.17, 15) is 35.4 Å². The molecule has 53 heavy (non-hydrogen) atoms. The molecular weight excluding hydrogens is 674 g/mol. The van der Waals surface area contributed by atoms with E-state index in [4.69, 9.17) is 9.47 Å². The fourth-order valence-corrected chi connectivity index (χ4v) is 7.38. The molecule has 2 unspecified atom stereocenters. The molecule has 0 bridgehead atoms. The SMILES string of the molecule is CCCCCCCCCCCCCCCCC[C@@H](O)[C@@H](O)[C@H](CO[C@@H]1O[C@H](CO)[C@H](O)C(O)C1O)NC(=O)CCCCCCCCCCCCCCC. The average Bonchev–Trinajstić information content (AvgIpc) is 3.16. The Kier molecular flexibility index (Phi) is 32.6. The molecule has 0 aromatic carbocycles. The molecule has 0 aromatic heterocycles. The zero-order chi connectivity index (χ0) is 38.9. The van der Waals surface area contributed by atoms with E-state index < -0.39 is 55.6 Å². The van der Waals surface area contributed by atoms with Crippen LogP contribution in [0.5, 0.6) is 0 Å². The zero-order valence-corrected chi connectivity index (χ0v) is 34.2. The lowest BCUT2D eigenvalue weighted by atomic mass is 9.98. The summed E-state index contributed by atoms with van der Waals surface area (Å²) in [5.41, 5.74) is 0. The molecule has 10 nitrogen and oxygen atoms in total. The quantitative estimate of drug-likeness (QED) is 0.0313. The van der Waals surface area contributed by atoms with Crippen molar-refractivity contribution in [3.05, 3.63) is 0 Å². The van der Waals surface area contributed by atoms with Crippen LogP contribution < -0.4 is 5.32 Å². The maximum atomic E-state index is 13.0. The predicted octanol–water partition coefficient (Wildman–Crippen LogP) is 7.75. The van der Waals surface area contributed by atoms with E-state index in [2.05, 4.69) is 19.2 Å². The molecule has 0 saturated carbocycles. The number of carbonyl (C=O) groups is 1. The fraction of sp³-hybridized carbons (Fsp3) is 0.977. The first-order valence-corrected chi connectivity index (χ1v) is 22.3. The van der Waals surface area contributed by atoms with E-state index >= 15 is 0 Å². The standard InChI is InChI=1S/C43H85NO9/c1-3-5-7-9-11-13-15-17-18-20-21-23-25-27-29-31-36(46)39(48)35(34-52-43-42(51)41(50)40(49)37(33-45)53-43)44-38(47)32-30-28-26-24-22-19-16-14-12-10-8-6-4-2/h35-37,39-43,45-46,48-51H,3-34H2,1-2H3,(H,44,47)/t35-,36+,37+,39-,40-,41?,42?,43+/m0/s1. The van der Waals surface area contributed by atoms with Crippen LogP contribution in [0.3, 0.4) is 0 Å². The van der Waals surface area contributed by atoms with Gasteiger partial charge in [0.2, 0.25) is 5.91 Å². The molecule has 1 fully saturated rings. The Labute approximate surface area is 324 Å². The van der Waals surface area contributed by atoms with Gasteiger partial charge < -0.3 is 45.4 Å². The molecule has 0 spiro atoms. The van der Waals surface area contributed by atoms with Crippen molar-refractivity contribution in [2.75, 3.05) is 13.2 Å². The normalized spacial score (nSPS) is 22.2. The number of unbranched alkanes of at least 4 members (excludes halogenated alkanes) is 26. The molecule has 1 heterocycles. The van der Waals surface area contributed by atoms with Crippen LogP contribution >= 0.6 is 0 Å². The van der Waals surface area contributed by atoms with Gasteiger partial charge >= 0.3 is 0 Å². The summed E-state index contributed by atoms with van der Waals surface area (Å²) >= 11 is 0. The Morgan fingerprint density at radius 2 is 0.981 bits per heavy atom. The summed E-state index contributed by atoms with van der Waals surface area (Å²) in [5.74, 6) is -0.256. The molecule has 1 saturated heterocycles. The number of nitrogens with one attached hydrogen (secondary N) is 1. The van der Waals surface area contributed by atoms with Crippen LogP contribution in [-0.2, 0) is 14.3 Å². The van der Waals surface area contributed by atoms with Crippen LogP contribution in [0.4, 0.5) is 0 Å². The molecule has 1 amide bonds. The third kappa shape index (κ3) is 25.1. The van der Waals surface area contributed by atoms with E-state index in [1.807, 2.05) is 0 Å². The Hall–Kier alpha value is -0.850.